The van der Waals surface area contributed by atoms with Gasteiger partial charge in [-0.3, -0.25) is 0 Å². The van der Waals surface area contributed by atoms with Gasteiger partial charge in [-0.1, -0.05) is 37.9 Å². The van der Waals surface area contributed by atoms with Crippen molar-refractivity contribution in [3.63, 3.8) is 0 Å². The fourth-order valence-electron chi connectivity index (χ4n) is 1.94. The van der Waals surface area contributed by atoms with E-state index in [1.165, 1.54) is 20.3 Å². The first-order valence-electron chi connectivity index (χ1n) is 5.76. The van der Waals surface area contributed by atoms with Gasteiger partial charge in [-0.25, -0.2) is 0 Å². The fraction of sp³-hybridized carbons (Fsp3) is 0.200. The molecular formula is C15H13Br2IO. The molecule has 0 aromatic heterocycles. The largest absolute Gasteiger partial charge is 0.497 e. The number of alkyl halides is 1. The Morgan fingerprint density at radius 1 is 1.11 bits per heavy atom. The van der Waals surface area contributed by atoms with Gasteiger partial charge in [0.15, 0.2) is 0 Å². The van der Waals surface area contributed by atoms with Crippen molar-refractivity contribution in [3.8, 4) is 5.75 Å². The van der Waals surface area contributed by atoms with E-state index in [0.717, 1.165) is 10.2 Å². The smallest absolute Gasteiger partial charge is 0.119 e. The second kappa shape index (κ2) is 6.59. The number of hydrogen-bond donors (Lipinski definition) is 0. The third kappa shape index (κ3) is 3.52. The molecule has 2 rings (SSSR count). The lowest BCUT2D eigenvalue weighted by molar-refractivity contribution is 0.414. The quantitative estimate of drug-likeness (QED) is 0.383. The van der Waals surface area contributed by atoms with Crippen molar-refractivity contribution < 1.29 is 4.74 Å². The number of rotatable bonds is 3. The topological polar surface area (TPSA) is 9.23 Å². The predicted octanol–water partition coefficient (Wildman–Crippen LogP) is 5.86. The maximum absolute atomic E-state index is 5.25. The summed E-state index contributed by atoms with van der Waals surface area (Å²) in [5, 5.41) is 0. The SMILES string of the molecule is COc1ccc(C(Br)c2cc(Br)ccc2I)c(C)c1. The lowest BCUT2D eigenvalue weighted by Gasteiger charge is -2.16. The molecule has 0 saturated carbocycles. The lowest BCUT2D eigenvalue weighted by Crippen LogP contribution is -1.99. The molecule has 0 heterocycles. The van der Waals surface area contributed by atoms with E-state index in [9.17, 15) is 0 Å². The first kappa shape index (κ1) is 15.3. The summed E-state index contributed by atoms with van der Waals surface area (Å²) in [4.78, 5) is 0.183. The maximum Gasteiger partial charge on any atom is 0.119 e. The highest BCUT2D eigenvalue weighted by Gasteiger charge is 2.16. The van der Waals surface area contributed by atoms with E-state index in [1.807, 2.05) is 6.07 Å². The van der Waals surface area contributed by atoms with Gasteiger partial charge < -0.3 is 4.74 Å². The van der Waals surface area contributed by atoms with Crippen molar-refractivity contribution in [2.45, 2.75) is 11.8 Å². The van der Waals surface area contributed by atoms with Gasteiger partial charge in [0.2, 0.25) is 0 Å². The van der Waals surface area contributed by atoms with Crippen molar-refractivity contribution in [2.75, 3.05) is 7.11 Å². The number of methoxy groups -OCH3 is 1. The van der Waals surface area contributed by atoms with E-state index in [2.05, 4.69) is 91.7 Å². The number of aryl methyl sites for hydroxylation is 1. The maximum atomic E-state index is 5.25. The van der Waals surface area contributed by atoms with Crippen molar-refractivity contribution >= 4 is 54.5 Å². The summed E-state index contributed by atoms with van der Waals surface area (Å²) in [6.07, 6.45) is 0. The molecule has 0 saturated heterocycles. The van der Waals surface area contributed by atoms with Crippen molar-refractivity contribution in [1.29, 1.82) is 0 Å². The molecule has 0 bridgehead atoms. The Labute approximate surface area is 144 Å². The number of hydrogen-bond acceptors (Lipinski definition) is 1. The molecule has 0 radical (unpaired) electrons. The second-order valence-electron chi connectivity index (χ2n) is 4.25. The summed E-state index contributed by atoms with van der Waals surface area (Å²) in [5.74, 6) is 0.893. The van der Waals surface area contributed by atoms with E-state index in [1.54, 1.807) is 7.11 Å². The number of benzene rings is 2. The van der Waals surface area contributed by atoms with Gasteiger partial charge in [0.25, 0.3) is 0 Å². The molecule has 0 N–H and O–H groups in total. The first-order chi connectivity index (χ1) is 9.02. The van der Waals surface area contributed by atoms with Crippen LogP contribution >= 0.6 is 54.5 Å². The highest BCUT2D eigenvalue weighted by molar-refractivity contribution is 14.1. The van der Waals surface area contributed by atoms with E-state index < -0.39 is 0 Å². The van der Waals surface area contributed by atoms with Gasteiger partial charge in [-0.05, 0) is 76.5 Å². The molecule has 0 aliphatic heterocycles. The normalized spacial score (nSPS) is 12.3. The van der Waals surface area contributed by atoms with Gasteiger partial charge in [0.1, 0.15) is 5.75 Å². The van der Waals surface area contributed by atoms with Gasteiger partial charge in [0.05, 0.1) is 11.9 Å². The Kier molecular flexibility index (Phi) is 5.31. The minimum absolute atomic E-state index is 0.183. The van der Waals surface area contributed by atoms with Crippen molar-refractivity contribution in [2.24, 2.45) is 0 Å². The fourth-order valence-corrected chi connectivity index (χ4v) is 4.28. The van der Waals surface area contributed by atoms with Gasteiger partial charge in [-0.15, -0.1) is 0 Å². The molecule has 0 aliphatic carbocycles. The van der Waals surface area contributed by atoms with E-state index >= 15 is 0 Å². The average Bonchev–Trinajstić information content (AvgIpc) is 2.40. The molecule has 19 heavy (non-hydrogen) atoms. The van der Waals surface area contributed by atoms with Crippen LogP contribution in [0.2, 0.25) is 0 Å². The highest BCUT2D eigenvalue weighted by atomic mass is 127. The van der Waals surface area contributed by atoms with E-state index in [0.29, 0.717) is 0 Å². The third-order valence-corrected chi connectivity index (χ3v) is 5.44. The van der Waals surface area contributed by atoms with E-state index in [-0.39, 0.29) is 4.83 Å². The Morgan fingerprint density at radius 3 is 2.47 bits per heavy atom. The first-order valence-corrected chi connectivity index (χ1v) is 8.55. The summed E-state index contributed by atoms with van der Waals surface area (Å²) in [6.45, 7) is 2.11. The summed E-state index contributed by atoms with van der Waals surface area (Å²) < 4.78 is 7.60. The Hall–Kier alpha value is -0.0700. The third-order valence-electron chi connectivity index (χ3n) is 2.98. The van der Waals surface area contributed by atoms with Crippen LogP contribution < -0.4 is 4.74 Å². The summed E-state index contributed by atoms with van der Waals surface area (Å²) in [7, 11) is 1.69. The standard InChI is InChI=1S/C15H13Br2IO/c1-9-7-11(19-2)4-5-12(9)15(17)13-8-10(16)3-6-14(13)18/h3-8,15H,1-2H3. The highest BCUT2D eigenvalue weighted by Crippen LogP contribution is 2.37. The number of ether oxygens (including phenoxy) is 1. The Balaban J connectivity index is 2.43. The van der Waals surface area contributed by atoms with Crippen LogP contribution in [-0.2, 0) is 0 Å². The minimum atomic E-state index is 0.183. The van der Waals surface area contributed by atoms with Crippen LogP contribution in [-0.4, -0.2) is 7.11 Å². The van der Waals surface area contributed by atoms with Crippen molar-refractivity contribution in [3.05, 3.63) is 61.1 Å². The van der Waals surface area contributed by atoms with Crippen LogP contribution in [0.25, 0.3) is 0 Å². The molecule has 1 nitrogen and oxygen atoms in total. The van der Waals surface area contributed by atoms with Crippen LogP contribution in [0, 0.1) is 10.5 Å². The van der Waals surface area contributed by atoms with Crippen LogP contribution in [0.15, 0.2) is 40.9 Å². The Bertz CT molecular complexity index is 599. The van der Waals surface area contributed by atoms with Crippen LogP contribution in [0.3, 0.4) is 0 Å². The molecule has 4 heteroatoms. The predicted molar refractivity (Wildman–Crippen MR) is 95.4 cm³/mol. The summed E-state index contributed by atoms with van der Waals surface area (Å²) in [5.41, 5.74) is 3.75. The average molecular weight is 496 g/mol. The monoisotopic (exact) mass is 494 g/mol. The summed E-state index contributed by atoms with van der Waals surface area (Å²) in [6, 6.07) is 12.5. The molecule has 0 fully saturated rings. The van der Waals surface area contributed by atoms with Gasteiger partial charge in [0, 0.05) is 8.04 Å². The molecule has 2 aromatic rings. The Morgan fingerprint density at radius 2 is 1.84 bits per heavy atom. The molecule has 0 spiro atoms. The van der Waals surface area contributed by atoms with Gasteiger partial charge >= 0.3 is 0 Å². The second-order valence-corrected chi connectivity index (χ2v) is 7.24. The van der Waals surface area contributed by atoms with Gasteiger partial charge in [-0.2, -0.15) is 0 Å². The molecule has 0 amide bonds. The molecule has 0 aliphatic rings. The minimum Gasteiger partial charge on any atom is -0.497 e. The summed E-state index contributed by atoms with van der Waals surface area (Å²) >= 11 is 9.71. The zero-order valence-corrected chi connectivity index (χ0v) is 15.9. The molecule has 100 valence electrons. The van der Waals surface area contributed by atoms with Crippen LogP contribution in [0.5, 0.6) is 5.75 Å². The molecule has 1 unspecified atom stereocenters. The zero-order chi connectivity index (χ0) is 14.0. The lowest BCUT2D eigenvalue weighted by atomic mass is 10.0. The molecule has 2 aromatic carbocycles. The van der Waals surface area contributed by atoms with Crippen molar-refractivity contribution in [1.82, 2.24) is 0 Å². The molecule has 1 atom stereocenters. The number of halogens is 3. The van der Waals surface area contributed by atoms with E-state index in [4.69, 9.17) is 4.74 Å². The zero-order valence-electron chi connectivity index (χ0n) is 10.6. The van der Waals surface area contributed by atoms with Crippen LogP contribution in [0.4, 0.5) is 0 Å². The molecular weight excluding hydrogens is 483 g/mol. The van der Waals surface area contributed by atoms with Crippen LogP contribution in [0.1, 0.15) is 21.5 Å².